The van der Waals surface area contributed by atoms with Crippen LogP contribution in [-0.2, 0) is 6.54 Å². The number of halogens is 3. The minimum atomic E-state index is -4.40. The fourth-order valence-corrected chi connectivity index (χ4v) is 2.78. The van der Waals surface area contributed by atoms with Gasteiger partial charge in [-0.25, -0.2) is 0 Å². The Bertz CT molecular complexity index is 811. The number of hydrogen-bond donors (Lipinski definition) is 1. The van der Waals surface area contributed by atoms with Crippen LogP contribution in [0.25, 0.3) is 0 Å². The van der Waals surface area contributed by atoms with E-state index in [4.69, 9.17) is 18.9 Å². The summed E-state index contributed by atoms with van der Waals surface area (Å²) >= 11 is 0. The lowest BCUT2D eigenvalue weighted by atomic mass is 10.1. The largest absolute Gasteiger partial charge is 0.490 e. The lowest BCUT2D eigenvalue weighted by Crippen LogP contribution is -2.20. The Morgan fingerprint density at radius 2 is 1.82 bits per heavy atom. The van der Waals surface area contributed by atoms with Crippen molar-refractivity contribution >= 4 is 0 Å². The summed E-state index contributed by atoms with van der Waals surface area (Å²) in [7, 11) is 0. The number of ether oxygens (including phenoxy) is 4. The Kier molecular flexibility index (Phi) is 6.18. The van der Waals surface area contributed by atoms with Crippen LogP contribution in [0.15, 0.2) is 36.4 Å². The first-order valence-corrected chi connectivity index (χ1v) is 8.94. The van der Waals surface area contributed by atoms with E-state index in [0.717, 1.165) is 22.6 Å². The van der Waals surface area contributed by atoms with Crippen LogP contribution in [0.4, 0.5) is 13.2 Å². The summed E-state index contributed by atoms with van der Waals surface area (Å²) in [6.07, 6.45) is -4.40. The molecule has 1 atom stereocenters. The molecule has 2 aromatic rings. The second kappa shape index (κ2) is 8.60. The molecule has 0 saturated carbocycles. The number of nitrogens with one attached hydrogen (secondary N) is 1. The Labute approximate surface area is 161 Å². The number of fused-ring (bicyclic) bond motifs is 1. The molecule has 1 N–H and O–H groups in total. The maximum atomic E-state index is 12.4. The molecule has 1 unspecified atom stereocenters. The van der Waals surface area contributed by atoms with Gasteiger partial charge in [0.05, 0.1) is 6.61 Å². The molecule has 0 saturated heterocycles. The molecule has 0 fully saturated rings. The highest BCUT2D eigenvalue weighted by molar-refractivity contribution is 5.45. The molecule has 3 rings (SSSR count). The quantitative estimate of drug-likeness (QED) is 0.705. The molecule has 0 spiro atoms. The third-order valence-corrected chi connectivity index (χ3v) is 4.21. The van der Waals surface area contributed by atoms with Gasteiger partial charge in [0.1, 0.15) is 0 Å². The third-order valence-electron chi connectivity index (χ3n) is 4.21. The van der Waals surface area contributed by atoms with Gasteiger partial charge in [-0.2, -0.15) is 13.2 Å². The van der Waals surface area contributed by atoms with E-state index >= 15 is 0 Å². The summed E-state index contributed by atoms with van der Waals surface area (Å²) in [4.78, 5) is 0. The lowest BCUT2D eigenvalue weighted by molar-refractivity contribution is -0.153. The predicted octanol–water partition coefficient (Wildman–Crippen LogP) is 4.61. The van der Waals surface area contributed by atoms with Crippen LogP contribution in [0, 0.1) is 0 Å². The topological polar surface area (TPSA) is 49.0 Å². The van der Waals surface area contributed by atoms with Crippen molar-refractivity contribution in [2.45, 2.75) is 32.6 Å². The molecule has 1 heterocycles. The predicted molar refractivity (Wildman–Crippen MR) is 97.0 cm³/mol. The molecule has 0 radical (unpaired) electrons. The molecule has 8 heteroatoms. The van der Waals surface area contributed by atoms with Crippen molar-refractivity contribution in [3.05, 3.63) is 47.5 Å². The highest BCUT2D eigenvalue weighted by atomic mass is 19.4. The Morgan fingerprint density at radius 1 is 1.04 bits per heavy atom. The van der Waals surface area contributed by atoms with Crippen LogP contribution in [0.2, 0.25) is 0 Å². The van der Waals surface area contributed by atoms with Gasteiger partial charge in [0.25, 0.3) is 0 Å². The maximum Gasteiger partial charge on any atom is 0.422 e. The highest BCUT2D eigenvalue weighted by Crippen LogP contribution is 2.34. The van der Waals surface area contributed by atoms with Gasteiger partial charge < -0.3 is 24.3 Å². The van der Waals surface area contributed by atoms with Crippen molar-refractivity contribution < 1.29 is 32.1 Å². The first kappa shape index (κ1) is 20.1. The molecular weight excluding hydrogens is 375 g/mol. The third kappa shape index (κ3) is 5.22. The van der Waals surface area contributed by atoms with Gasteiger partial charge in [-0.05, 0) is 49.2 Å². The highest BCUT2D eigenvalue weighted by Gasteiger charge is 2.29. The van der Waals surface area contributed by atoms with Gasteiger partial charge in [-0.1, -0.05) is 12.1 Å². The molecule has 1 aliphatic rings. The molecule has 2 aromatic carbocycles. The molecule has 28 heavy (non-hydrogen) atoms. The minimum Gasteiger partial charge on any atom is -0.490 e. The normalized spacial score (nSPS) is 14.0. The molecule has 0 bridgehead atoms. The lowest BCUT2D eigenvalue weighted by Gasteiger charge is -2.17. The maximum absolute atomic E-state index is 12.4. The first-order valence-electron chi connectivity index (χ1n) is 8.94. The second-order valence-corrected chi connectivity index (χ2v) is 6.33. The van der Waals surface area contributed by atoms with Gasteiger partial charge >= 0.3 is 6.18 Å². The average molecular weight is 397 g/mol. The van der Waals surface area contributed by atoms with E-state index in [2.05, 4.69) is 5.32 Å². The molecule has 0 aliphatic carbocycles. The Morgan fingerprint density at radius 3 is 2.57 bits per heavy atom. The monoisotopic (exact) mass is 397 g/mol. The second-order valence-electron chi connectivity index (χ2n) is 6.33. The molecule has 0 aromatic heterocycles. The van der Waals surface area contributed by atoms with Gasteiger partial charge in [0.2, 0.25) is 6.79 Å². The summed E-state index contributed by atoms with van der Waals surface area (Å²) in [5.74, 6) is 1.82. The molecule has 1 aliphatic heterocycles. The van der Waals surface area contributed by atoms with Gasteiger partial charge in [-0.15, -0.1) is 0 Å². The molecule has 5 nitrogen and oxygen atoms in total. The molecular formula is C20H22F3NO4. The van der Waals surface area contributed by atoms with E-state index in [1.54, 1.807) is 19.1 Å². The van der Waals surface area contributed by atoms with Crippen molar-refractivity contribution in [3.63, 3.8) is 0 Å². The van der Waals surface area contributed by atoms with Crippen molar-refractivity contribution in [2.75, 3.05) is 20.0 Å². The zero-order valence-corrected chi connectivity index (χ0v) is 15.6. The SMILES string of the molecule is CCOc1cc(CNC(C)c2ccc3c(c2)OCO3)ccc1OCC(F)(F)F. The van der Waals surface area contributed by atoms with Crippen molar-refractivity contribution in [2.24, 2.45) is 0 Å². The standard InChI is InChI=1S/C20H22F3NO4/c1-3-25-18-8-14(4-6-16(18)26-11-20(21,22)23)10-24-13(2)15-5-7-17-19(9-15)28-12-27-17/h4-9,13,24H,3,10-12H2,1-2H3. The molecule has 152 valence electrons. The van der Waals surface area contributed by atoms with Crippen LogP contribution in [0.3, 0.4) is 0 Å². The zero-order chi connectivity index (χ0) is 20.1. The summed E-state index contributed by atoms with van der Waals surface area (Å²) in [5.41, 5.74) is 1.91. The van der Waals surface area contributed by atoms with E-state index in [1.165, 1.54) is 6.07 Å². The van der Waals surface area contributed by atoms with E-state index < -0.39 is 12.8 Å². The van der Waals surface area contributed by atoms with Gasteiger partial charge in [0.15, 0.2) is 29.6 Å². The number of rotatable bonds is 8. The average Bonchev–Trinajstić information content (AvgIpc) is 3.12. The van der Waals surface area contributed by atoms with Gasteiger partial charge in [0, 0.05) is 12.6 Å². The zero-order valence-electron chi connectivity index (χ0n) is 15.6. The minimum absolute atomic E-state index is 0.0335. The van der Waals surface area contributed by atoms with Crippen LogP contribution < -0.4 is 24.3 Å². The van der Waals surface area contributed by atoms with Crippen LogP contribution in [0.1, 0.15) is 31.0 Å². The molecule has 0 amide bonds. The van der Waals surface area contributed by atoms with E-state index in [1.807, 2.05) is 25.1 Å². The van der Waals surface area contributed by atoms with E-state index in [9.17, 15) is 13.2 Å². The smallest absolute Gasteiger partial charge is 0.422 e. The van der Waals surface area contributed by atoms with Crippen molar-refractivity contribution in [1.82, 2.24) is 5.32 Å². The number of hydrogen-bond acceptors (Lipinski definition) is 5. The summed E-state index contributed by atoms with van der Waals surface area (Å²) < 4.78 is 58.2. The van der Waals surface area contributed by atoms with Crippen LogP contribution in [0.5, 0.6) is 23.0 Å². The van der Waals surface area contributed by atoms with Crippen LogP contribution >= 0.6 is 0 Å². The number of alkyl halides is 3. The van der Waals surface area contributed by atoms with Crippen LogP contribution in [-0.4, -0.2) is 26.2 Å². The Balaban J connectivity index is 1.64. The fraction of sp³-hybridized carbons (Fsp3) is 0.400. The summed E-state index contributed by atoms with van der Waals surface area (Å²) in [5, 5.41) is 3.38. The fourth-order valence-electron chi connectivity index (χ4n) is 2.78. The van der Waals surface area contributed by atoms with Crippen molar-refractivity contribution in [3.8, 4) is 23.0 Å². The van der Waals surface area contributed by atoms with E-state index in [-0.39, 0.29) is 18.6 Å². The summed E-state index contributed by atoms with van der Waals surface area (Å²) in [6, 6.07) is 10.7. The van der Waals surface area contributed by atoms with Gasteiger partial charge in [-0.3, -0.25) is 0 Å². The van der Waals surface area contributed by atoms with Crippen molar-refractivity contribution in [1.29, 1.82) is 0 Å². The first-order chi connectivity index (χ1) is 13.4. The summed E-state index contributed by atoms with van der Waals surface area (Å²) in [6.45, 7) is 3.49. The Hall–Kier alpha value is -2.61. The number of benzene rings is 2. The van der Waals surface area contributed by atoms with E-state index in [0.29, 0.717) is 18.9 Å².